The van der Waals surface area contributed by atoms with E-state index >= 15 is 0 Å². The largest absolute Gasteiger partial charge is 0.291 e. The van der Waals surface area contributed by atoms with Crippen molar-refractivity contribution in [1.29, 1.82) is 0 Å². The van der Waals surface area contributed by atoms with E-state index in [1.54, 1.807) is 0 Å². The molecule has 0 bridgehead atoms. The summed E-state index contributed by atoms with van der Waals surface area (Å²) in [5, 5.41) is 0. The second-order valence-corrected chi connectivity index (χ2v) is 12.0. The maximum absolute atomic E-state index is 4.72. The minimum atomic E-state index is 0.822. The van der Waals surface area contributed by atoms with E-state index in [0.717, 1.165) is 84.9 Å². The zero-order chi connectivity index (χ0) is 26.4. The molecule has 4 aromatic rings. The highest BCUT2D eigenvalue weighted by Gasteiger charge is 2.11. The van der Waals surface area contributed by atoms with Crippen LogP contribution in [-0.2, 0) is 26.2 Å². The average Bonchev–Trinajstić information content (AvgIpc) is 2.92. The highest BCUT2D eigenvalue weighted by molar-refractivity contribution is 8.76. The number of aromatic nitrogens is 4. The maximum atomic E-state index is 4.72. The lowest BCUT2D eigenvalue weighted by Gasteiger charge is -2.22. The van der Waals surface area contributed by atoms with Crippen molar-refractivity contribution < 1.29 is 0 Å². The van der Waals surface area contributed by atoms with Crippen molar-refractivity contribution in [2.45, 2.75) is 40.0 Å². The quantitative estimate of drug-likeness (QED) is 0.134. The Labute approximate surface area is 234 Å². The van der Waals surface area contributed by atoms with Gasteiger partial charge in [-0.2, -0.15) is 0 Å². The number of nitrogens with zero attached hydrogens (tertiary/aromatic N) is 6. The lowest BCUT2D eigenvalue weighted by molar-refractivity contribution is 0.267. The zero-order valence-electron chi connectivity index (χ0n) is 22.2. The molecule has 8 heteroatoms. The molecule has 0 amide bonds. The van der Waals surface area contributed by atoms with E-state index in [-0.39, 0.29) is 0 Å². The van der Waals surface area contributed by atoms with Crippen molar-refractivity contribution >= 4 is 21.6 Å². The van der Waals surface area contributed by atoms with Crippen molar-refractivity contribution in [3.8, 4) is 0 Å². The van der Waals surface area contributed by atoms with Gasteiger partial charge in [0.1, 0.15) is 0 Å². The van der Waals surface area contributed by atoms with Gasteiger partial charge in [0.25, 0.3) is 0 Å². The van der Waals surface area contributed by atoms with Gasteiger partial charge in [0.2, 0.25) is 0 Å². The third kappa shape index (κ3) is 10.2. The molecule has 198 valence electrons. The van der Waals surface area contributed by atoms with Crippen LogP contribution in [0.4, 0.5) is 0 Å². The van der Waals surface area contributed by atoms with Gasteiger partial charge in [-0.25, -0.2) is 0 Å². The molecule has 38 heavy (non-hydrogen) atoms. The van der Waals surface area contributed by atoms with Gasteiger partial charge in [-0.15, -0.1) is 0 Å². The Morgan fingerprint density at radius 1 is 0.526 bits per heavy atom. The van der Waals surface area contributed by atoms with Gasteiger partial charge in [0, 0.05) is 74.6 Å². The molecule has 0 radical (unpaired) electrons. The Kier molecular flexibility index (Phi) is 11.6. The molecule has 0 aliphatic heterocycles. The molecule has 0 fully saturated rings. The minimum absolute atomic E-state index is 0.822. The summed E-state index contributed by atoms with van der Waals surface area (Å²) in [6.07, 6.45) is 3.73. The Balaban J connectivity index is 1.26. The van der Waals surface area contributed by atoms with Gasteiger partial charge in [0.05, 0.1) is 22.8 Å². The Hall–Kier alpha value is -2.78. The number of pyridine rings is 4. The summed E-state index contributed by atoms with van der Waals surface area (Å²) in [6, 6.07) is 24.7. The fraction of sp³-hybridized carbons (Fsp3) is 0.333. The van der Waals surface area contributed by atoms with E-state index in [1.807, 2.05) is 72.1 Å². The lowest BCUT2D eigenvalue weighted by atomic mass is 10.2. The molecule has 0 aliphatic rings. The number of hydrogen-bond acceptors (Lipinski definition) is 8. The summed E-state index contributed by atoms with van der Waals surface area (Å²) in [5.74, 6) is 2.09. The van der Waals surface area contributed by atoms with Gasteiger partial charge < -0.3 is 0 Å². The molecule has 0 aliphatic carbocycles. The molecule has 0 N–H and O–H groups in total. The first-order chi connectivity index (χ1) is 18.6. The highest BCUT2D eigenvalue weighted by Crippen LogP contribution is 2.22. The van der Waals surface area contributed by atoms with Crippen LogP contribution in [0, 0.1) is 13.8 Å². The van der Waals surface area contributed by atoms with E-state index < -0.39 is 0 Å². The molecule has 0 unspecified atom stereocenters. The van der Waals surface area contributed by atoms with Crippen molar-refractivity contribution in [2.75, 3.05) is 24.6 Å². The van der Waals surface area contributed by atoms with Crippen LogP contribution < -0.4 is 0 Å². The fourth-order valence-corrected chi connectivity index (χ4v) is 6.21. The normalized spacial score (nSPS) is 11.4. The van der Waals surface area contributed by atoms with Crippen LogP contribution >= 0.6 is 21.6 Å². The number of hydrogen-bond donors (Lipinski definition) is 0. The topological polar surface area (TPSA) is 58.0 Å². The summed E-state index contributed by atoms with van der Waals surface area (Å²) in [7, 11) is 3.88. The van der Waals surface area contributed by atoms with Crippen LogP contribution in [0.15, 0.2) is 85.2 Å². The monoisotopic (exact) mass is 544 g/mol. The highest BCUT2D eigenvalue weighted by atomic mass is 33.1. The second-order valence-electron chi connectivity index (χ2n) is 9.25. The average molecular weight is 545 g/mol. The van der Waals surface area contributed by atoms with Gasteiger partial charge in [-0.3, -0.25) is 29.7 Å². The first kappa shape index (κ1) is 28.2. The van der Waals surface area contributed by atoms with Gasteiger partial charge >= 0.3 is 0 Å². The number of aryl methyl sites for hydroxylation is 2. The first-order valence-electron chi connectivity index (χ1n) is 13.0. The van der Waals surface area contributed by atoms with E-state index in [2.05, 4.69) is 68.3 Å². The molecule has 0 saturated carbocycles. The van der Waals surface area contributed by atoms with Crippen LogP contribution in [-0.4, -0.2) is 54.3 Å². The predicted molar refractivity (Wildman–Crippen MR) is 160 cm³/mol. The Bertz CT molecular complexity index is 1130. The third-order valence-corrected chi connectivity index (χ3v) is 8.32. The molecule has 0 atom stereocenters. The minimum Gasteiger partial charge on any atom is -0.291 e. The van der Waals surface area contributed by atoms with Crippen LogP contribution in [0.25, 0.3) is 0 Å². The smallest absolute Gasteiger partial charge is 0.0547 e. The summed E-state index contributed by atoms with van der Waals surface area (Å²) in [5.41, 5.74) is 6.50. The summed E-state index contributed by atoms with van der Waals surface area (Å²) in [6.45, 7) is 9.35. The van der Waals surface area contributed by atoms with E-state index in [4.69, 9.17) is 9.97 Å². The molecule has 4 aromatic heterocycles. The SMILES string of the molecule is Cc1cccc(CN(CCSSCCN(Cc2ccccn2)Cc2cccc(C)n2)Cc2ccccn2)n1. The standard InChI is InChI=1S/C30H36N6S2/c1-25-9-7-13-29(33-25)23-35(21-27-11-3-5-15-31-27)17-19-37-38-20-18-36(22-28-12-4-6-16-32-28)24-30-14-8-10-26(2)34-30/h3-16H,17-24H2,1-2H3. The molecule has 4 heterocycles. The molecule has 0 spiro atoms. The van der Waals surface area contributed by atoms with Crippen LogP contribution in [0.1, 0.15) is 34.2 Å². The van der Waals surface area contributed by atoms with Crippen molar-refractivity contribution in [3.63, 3.8) is 0 Å². The predicted octanol–water partition coefficient (Wildman–Crippen LogP) is 5.97. The summed E-state index contributed by atoms with van der Waals surface area (Å²) < 4.78 is 0. The first-order valence-corrected chi connectivity index (χ1v) is 15.5. The lowest BCUT2D eigenvalue weighted by Crippen LogP contribution is -2.27. The van der Waals surface area contributed by atoms with Crippen molar-refractivity contribution in [3.05, 3.63) is 119 Å². The second kappa shape index (κ2) is 15.6. The Morgan fingerprint density at radius 2 is 0.947 bits per heavy atom. The summed E-state index contributed by atoms with van der Waals surface area (Å²) in [4.78, 5) is 23.4. The molecular formula is C30H36N6S2. The number of rotatable bonds is 15. The van der Waals surface area contributed by atoms with E-state index in [1.165, 1.54) is 0 Å². The van der Waals surface area contributed by atoms with Crippen LogP contribution in [0.2, 0.25) is 0 Å². The summed E-state index contributed by atoms with van der Waals surface area (Å²) >= 11 is 0. The third-order valence-electron chi connectivity index (χ3n) is 5.95. The van der Waals surface area contributed by atoms with Crippen LogP contribution in [0.5, 0.6) is 0 Å². The molecule has 0 saturated heterocycles. The van der Waals surface area contributed by atoms with Crippen molar-refractivity contribution in [2.24, 2.45) is 0 Å². The van der Waals surface area contributed by atoms with Gasteiger partial charge in [0.15, 0.2) is 0 Å². The van der Waals surface area contributed by atoms with Gasteiger partial charge in [-0.05, 0) is 62.4 Å². The molecule has 6 nitrogen and oxygen atoms in total. The van der Waals surface area contributed by atoms with E-state index in [0.29, 0.717) is 0 Å². The molecule has 4 rings (SSSR count). The van der Waals surface area contributed by atoms with E-state index in [9.17, 15) is 0 Å². The molecule has 0 aromatic carbocycles. The van der Waals surface area contributed by atoms with Crippen molar-refractivity contribution in [1.82, 2.24) is 29.7 Å². The van der Waals surface area contributed by atoms with Gasteiger partial charge in [-0.1, -0.05) is 45.9 Å². The molecular weight excluding hydrogens is 509 g/mol. The maximum Gasteiger partial charge on any atom is 0.0547 e. The zero-order valence-corrected chi connectivity index (χ0v) is 23.9. The Morgan fingerprint density at radius 3 is 1.34 bits per heavy atom. The fourth-order valence-electron chi connectivity index (χ4n) is 4.15. The van der Waals surface area contributed by atoms with Crippen LogP contribution in [0.3, 0.4) is 0 Å².